The Kier molecular flexibility index (Phi) is 3.82. The van der Waals surface area contributed by atoms with Crippen molar-refractivity contribution in [3.63, 3.8) is 0 Å². The molecule has 0 radical (unpaired) electrons. The summed E-state index contributed by atoms with van der Waals surface area (Å²) in [5, 5.41) is 13.0. The third-order valence-corrected chi connectivity index (χ3v) is 2.39. The van der Waals surface area contributed by atoms with Crippen molar-refractivity contribution in [1.29, 1.82) is 5.26 Å². The van der Waals surface area contributed by atoms with Gasteiger partial charge in [0.15, 0.2) is 0 Å². The van der Waals surface area contributed by atoms with E-state index in [2.05, 4.69) is 11.2 Å². The number of methoxy groups -OCH3 is 1. The zero-order valence-electron chi connectivity index (χ0n) is 10.0. The topological polar surface area (TPSA) is 60.1 Å². The molecule has 0 aliphatic heterocycles. The molecule has 92 valence electrons. The van der Waals surface area contributed by atoms with Gasteiger partial charge in [-0.3, -0.25) is 4.68 Å². The van der Waals surface area contributed by atoms with E-state index in [-0.39, 0.29) is 0 Å². The summed E-state index contributed by atoms with van der Waals surface area (Å²) in [5.74, 6) is 1.24. The highest BCUT2D eigenvalue weighted by molar-refractivity contribution is 5.43. The van der Waals surface area contributed by atoms with Gasteiger partial charge in [-0.15, -0.1) is 0 Å². The van der Waals surface area contributed by atoms with E-state index in [0.717, 1.165) is 0 Å². The fourth-order valence-electron chi connectivity index (χ4n) is 1.53. The molecule has 0 atom stereocenters. The Bertz CT molecular complexity index is 544. The molecule has 0 unspecified atom stereocenters. The Balaban J connectivity index is 1.98. The van der Waals surface area contributed by atoms with Crippen molar-refractivity contribution in [3.05, 3.63) is 42.2 Å². The predicted molar refractivity (Wildman–Crippen MR) is 65.4 cm³/mol. The molecule has 0 aliphatic rings. The highest BCUT2D eigenvalue weighted by atomic mass is 16.5. The van der Waals surface area contributed by atoms with E-state index in [1.54, 1.807) is 36.2 Å². The van der Waals surface area contributed by atoms with E-state index in [4.69, 9.17) is 14.7 Å². The summed E-state index contributed by atoms with van der Waals surface area (Å²) in [6.07, 6.45) is 3.59. The Morgan fingerprint density at radius 3 is 2.83 bits per heavy atom. The van der Waals surface area contributed by atoms with Crippen LogP contribution >= 0.6 is 0 Å². The first-order valence-electron chi connectivity index (χ1n) is 5.51. The minimum absolute atomic E-state index is 0.486. The minimum atomic E-state index is 0.486. The van der Waals surface area contributed by atoms with Gasteiger partial charge in [-0.2, -0.15) is 10.4 Å². The molecule has 0 bridgehead atoms. The van der Waals surface area contributed by atoms with Crippen molar-refractivity contribution in [3.8, 4) is 17.6 Å². The van der Waals surface area contributed by atoms with Crippen LogP contribution in [-0.2, 0) is 6.54 Å². The Hall–Kier alpha value is -2.48. The molecule has 0 fully saturated rings. The van der Waals surface area contributed by atoms with Gasteiger partial charge in [-0.05, 0) is 18.2 Å². The molecule has 0 saturated heterocycles. The summed E-state index contributed by atoms with van der Waals surface area (Å²) in [5.41, 5.74) is 0.517. The van der Waals surface area contributed by atoms with Crippen molar-refractivity contribution >= 4 is 0 Å². The van der Waals surface area contributed by atoms with Crippen molar-refractivity contribution < 1.29 is 9.47 Å². The maximum atomic E-state index is 8.88. The zero-order valence-corrected chi connectivity index (χ0v) is 10.0. The SMILES string of the molecule is COc1cc(C#N)cc(OCCn2cccn2)c1. The van der Waals surface area contributed by atoms with Gasteiger partial charge >= 0.3 is 0 Å². The van der Waals surface area contributed by atoms with Crippen molar-refractivity contribution in [2.75, 3.05) is 13.7 Å². The number of hydrogen-bond donors (Lipinski definition) is 0. The van der Waals surface area contributed by atoms with Gasteiger partial charge in [0.05, 0.1) is 25.3 Å². The molecule has 1 heterocycles. The van der Waals surface area contributed by atoms with Gasteiger partial charge in [-0.1, -0.05) is 0 Å². The molecule has 18 heavy (non-hydrogen) atoms. The van der Waals surface area contributed by atoms with Crippen LogP contribution in [0.2, 0.25) is 0 Å². The van der Waals surface area contributed by atoms with Gasteiger partial charge in [0.25, 0.3) is 0 Å². The van der Waals surface area contributed by atoms with Crippen LogP contribution in [-0.4, -0.2) is 23.5 Å². The van der Waals surface area contributed by atoms with Crippen LogP contribution in [0, 0.1) is 11.3 Å². The summed E-state index contributed by atoms with van der Waals surface area (Å²) in [4.78, 5) is 0. The quantitative estimate of drug-likeness (QED) is 0.804. The van der Waals surface area contributed by atoms with Crippen LogP contribution < -0.4 is 9.47 Å². The summed E-state index contributed by atoms with van der Waals surface area (Å²) in [6, 6.07) is 9.04. The Morgan fingerprint density at radius 2 is 2.17 bits per heavy atom. The largest absolute Gasteiger partial charge is 0.497 e. The Morgan fingerprint density at radius 1 is 1.33 bits per heavy atom. The van der Waals surface area contributed by atoms with Crippen LogP contribution in [0.4, 0.5) is 0 Å². The van der Waals surface area contributed by atoms with Crippen LogP contribution in [0.1, 0.15) is 5.56 Å². The Labute approximate surface area is 105 Å². The average Bonchev–Trinajstić information content (AvgIpc) is 2.91. The van der Waals surface area contributed by atoms with Crippen molar-refractivity contribution in [2.24, 2.45) is 0 Å². The normalized spacial score (nSPS) is 9.78. The van der Waals surface area contributed by atoms with Gasteiger partial charge in [0.2, 0.25) is 0 Å². The van der Waals surface area contributed by atoms with Crippen LogP contribution in [0.25, 0.3) is 0 Å². The third kappa shape index (κ3) is 3.01. The van der Waals surface area contributed by atoms with E-state index in [9.17, 15) is 0 Å². The molecule has 0 amide bonds. The molecule has 2 aromatic rings. The molecular formula is C13H13N3O2. The lowest BCUT2D eigenvalue weighted by Crippen LogP contribution is -2.08. The zero-order chi connectivity index (χ0) is 12.8. The van der Waals surface area contributed by atoms with Crippen molar-refractivity contribution in [2.45, 2.75) is 6.54 Å². The maximum Gasteiger partial charge on any atom is 0.124 e. The van der Waals surface area contributed by atoms with E-state index in [0.29, 0.717) is 30.2 Å². The number of nitriles is 1. The number of rotatable bonds is 5. The number of nitrogens with zero attached hydrogens (tertiary/aromatic N) is 3. The molecule has 2 rings (SSSR count). The summed E-state index contributed by atoms with van der Waals surface area (Å²) >= 11 is 0. The van der Waals surface area contributed by atoms with Gasteiger partial charge in [-0.25, -0.2) is 0 Å². The fraction of sp³-hybridized carbons (Fsp3) is 0.231. The highest BCUT2D eigenvalue weighted by Crippen LogP contribution is 2.22. The fourth-order valence-corrected chi connectivity index (χ4v) is 1.53. The third-order valence-electron chi connectivity index (χ3n) is 2.39. The second-order valence-corrected chi connectivity index (χ2v) is 3.63. The van der Waals surface area contributed by atoms with Crippen molar-refractivity contribution in [1.82, 2.24) is 9.78 Å². The lowest BCUT2D eigenvalue weighted by Gasteiger charge is -2.08. The van der Waals surface area contributed by atoms with Crippen LogP contribution in [0.15, 0.2) is 36.7 Å². The second-order valence-electron chi connectivity index (χ2n) is 3.63. The van der Waals surface area contributed by atoms with E-state index in [1.165, 1.54) is 0 Å². The first kappa shape index (κ1) is 12.0. The maximum absolute atomic E-state index is 8.88. The minimum Gasteiger partial charge on any atom is -0.497 e. The first-order chi connectivity index (χ1) is 8.81. The van der Waals surface area contributed by atoms with Crippen LogP contribution in [0.5, 0.6) is 11.5 Å². The number of hydrogen-bond acceptors (Lipinski definition) is 4. The molecule has 0 N–H and O–H groups in total. The first-order valence-corrected chi connectivity index (χ1v) is 5.51. The van der Waals surface area contributed by atoms with E-state index in [1.807, 2.05) is 12.3 Å². The monoisotopic (exact) mass is 243 g/mol. The number of ether oxygens (including phenoxy) is 2. The second kappa shape index (κ2) is 5.73. The molecular weight excluding hydrogens is 230 g/mol. The molecule has 0 saturated carbocycles. The smallest absolute Gasteiger partial charge is 0.124 e. The van der Waals surface area contributed by atoms with E-state index >= 15 is 0 Å². The molecule has 5 nitrogen and oxygen atoms in total. The van der Waals surface area contributed by atoms with Gasteiger partial charge in [0.1, 0.15) is 18.1 Å². The lowest BCUT2D eigenvalue weighted by molar-refractivity contribution is 0.289. The predicted octanol–water partition coefficient (Wildman–Crippen LogP) is 1.84. The average molecular weight is 243 g/mol. The standard InChI is InChI=1S/C13H13N3O2/c1-17-12-7-11(10-14)8-13(9-12)18-6-5-16-4-2-3-15-16/h2-4,7-9H,5-6H2,1H3. The highest BCUT2D eigenvalue weighted by Gasteiger charge is 2.02. The summed E-state index contributed by atoms with van der Waals surface area (Å²) in [6.45, 7) is 1.14. The van der Waals surface area contributed by atoms with Gasteiger partial charge < -0.3 is 9.47 Å². The molecule has 1 aromatic carbocycles. The lowest BCUT2D eigenvalue weighted by atomic mass is 10.2. The number of aromatic nitrogens is 2. The molecule has 5 heteroatoms. The molecule has 1 aromatic heterocycles. The summed E-state index contributed by atoms with van der Waals surface area (Å²) < 4.78 is 12.5. The number of benzene rings is 1. The molecule has 0 spiro atoms. The van der Waals surface area contributed by atoms with Gasteiger partial charge in [0, 0.05) is 18.5 Å². The van der Waals surface area contributed by atoms with E-state index < -0.39 is 0 Å². The van der Waals surface area contributed by atoms with Crippen LogP contribution in [0.3, 0.4) is 0 Å². The molecule has 0 aliphatic carbocycles. The summed E-state index contributed by atoms with van der Waals surface area (Å²) in [7, 11) is 1.56.